The summed E-state index contributed by atoms with van der Waals surface area (Å²) in [5.74, 6) is 2.69. The van der Waals surface area contributed by atoms with Gasteiger partial charge in [0.15, 0.2) is 0 Å². The molecule has 0 fully saturated rings. The Morgan fingerprint density at radius 3 is 2.21 bits per heavy atom. The van der Waals surface area contributed by atoms with Crippen LogP contribution in [0.4, 0.5) is 0 Å². The molecule has 0 saturated heterocycles. The van der Waals surface area contributed by atoms with Crippen molar-refractivity contribution >= 4 is 15.9 Å². The summed E-state index contributed by atoms with van der Waals surface area (Å²) in [5, 5.41) is 0. The molecule has 0 N–H and O–H groups in total. The van der Waals surface area contributed by atoms with Gasteiger partial charge in [0, 0.05) is 16.7 Å². The fourth-order valence-electron chi connectivity index (χ4n) is 2.77. The van der Waals surface area contributed by atoms with E-state index in [1.807, 2.05) is 42.5 Å². The van der Waals surface area contributed by atoms with Gasteiger partial charge >= 0.3 is 0 Å². The largest absolute Gasteiger partial charge is 0.497 e. The molecule has 1 heterocycles. The van der Waals surface area contributed by atoms with Crippen molar-refractivity contribution in [3.8, 4) is 28.4 Å². The summed E-state index contributed by atoms with van der Waals surface area (Å²) < 4.78 is 12.6. The Labute approximate surface area is 151 Å². The lowest BCUT2D eigenvalue weighted by atomic mass is 10.0. The predicted molar refractivity (Wildman–Crippen MR) is 102 cm³/mol. The van der Waals surface area contributed by atoms with Gasteiger partial charge in [0.1, 0.15) is 17.3 Å². The van der Waals surface area contributed by atoms with Gasteiger partial charge in [0.05, 0.1) is 11.6 Å². The highest BCUT2D eigenvalue weighted by Crippen LogP contribution is 2.41. The third-order valence-corrected chi connectivity index (χ3v) is 4.95. The van der Waals surface area contributed by atoms with Crippen LogP contribution >= 0.6 is 15.9 Å². The molecule has 0 radical (unpaired) electrons. The molecule has 0 spiro atoms. The number of unbranched alkanes of at least 4 members (excludes halogenated alkanes) is 1. The minimum Gasteiger partial charge on any atom is -0.497 e. The van der Waals surface area contributed by atoms with Gasteiger partial charge in [-0.15, -0.1) is 0 Å². The van der Waals surface area contributed by atoms with Crippen molar-refractivity contribution in [2.45, 2.75) is 26.2 Å². The van der Waals surface area contributed by atoms with E-state index in [1.165, 1.54) is 5.56 Å². The number of ether oxygens (including phenoxy) is 1. The van der Waals surface area contributed by atoms with Gasteiger partial charge in [0.25, 0.3) is 0 Å². The maximum absolute atomic E-state index is 6.30. The van der Waals surface area contributed by atoms with E-state index in [2.05, 4.69) is 35.0 Å². The predicted octanol–water partition coefficient (Wildman–Crippen LogP) is 6.73. The maximum atomic E-state index is 6.30. The van der Waals surface area contributed by atoms with E-state index < -0.39 is 0 Å². The Bertz CT molecular complexity index is 789. The molecule has 124 valence electrons. The van der Waals surface area contributed by atoms with Crippen molar-refractivity contribution < 1.29 is 9.15 Å². The fourth-order valence-corrected chi connectivity index (χ4v) is 3.46. The lowest BCUT2D eigenvalue weighted by Crippen LogP contribution is -1.88. The Morgan fingerprint density at radius 1 is 0.917 bits per heavy atom. The van der Waals surface area contributed by atoms with Crippen LogP contribution in [-0.4, -0.2) is 7.11 Å². The first-order valence-corrected chi connectivity index (χ1v) is 9.05. The molecule has 0 unspecified atom stereocenters. The fraction of sp³-hybridized carbons (Fsp3) is 0.238. The molecule has 0 saturated carbocycles. The van der Waals surface area contributed by atoms with Crippen molar-refractivity contribution in [1.82, 2.24) is 0 Å². The van der Waals surface area contributed by atoms with E-state index in [1.54, 1.807) is 7.11 Å². The summed E-state index contributed by atoms with van der Waals surface area (Å²) in [5.41, 5.74) is 3.40. The minimum absolute atomic E-state index is 0.850. The van der Waals surface area contributed by atoms with Gasteiger partial charge < -0.3 is 9.15 Å². The van der Waals surface area contributed by atoms with Gasteiger partial charge in [-0.2, -0.15) is 0 Å². The zero-order valence-electron chi connectivity index (χ0n) is 14.0. The van der Waals surface area contributed by atoms with Crippen LogP contribution in [0, 0.1) is 0 Å². The van der Waals surface area contributed by atoms with Crippen molar-refractivity contribution in [3.05, 3.63) is 64.6 Å². The smallest absolute Gasteiger partial charge is 0.149 e. The van der Waals surface area contributed by atoms with E-state index in [9.17, 15) is 0 Å². The van der Waals surface area contributed by atoms with Crippen LogP contribution in [-0.2, 0) is 6.42 Å². The molecule has 0 aliphatic rings. The second kappa shape index (κ2) is 7.71. The first-order valence-electron chi connectivity index (χ1n) is 8.25. The molecular formula is C21H21BrO2. The van der Waals surface area contributed by atoms with Gasteiger partial charge in [-0.3, -0.25) is 0 Å². The Hall–Kier alpha value is -2.00. The van der Waals surface area contributed by atoms with Crippen molar-refractivity contribution in [2.75, 3.05) is 7.11 Å². The molecule has 2 aromatic carbocycles. The van der Waals surface area contributed by atoms with E-state index in [4.69, 9.17) is 9.15 Å². The average molecular weight is 385 g/mol. The first-order chi connectivity index (χ1) is 11.7. The maximum Gasteiger partial charge on any atom is 0.149 e. The van der Waals surface area contributed by atoms with Gasteiger partial charge in [-0.1, -0.05) is 43.7 Å². The second-order valence-corrected chi connectivity index (χ2v) is 6.54. The highest BCUT2D eigenvalue weighted by Gasteiger charge is 2.20. The van der Waals surface area contributed by atoms with Crippen LogP contribution in [0.25, 0.3) is 22.6 Å². The minimum atomic E-state index is 0.850. The molecule has 24 heavy (non-hydrogen) atoms. The molecule has 0 atom stereocenters. The summed E-state index contributed by atoms with van der Waals surface area (Å²) in [6.45, 7) is 2.21. The van der Waals surface area contributed by atoms with Crippen molar-refractivity contribution in [1.29, 1.82) is 0 Å². The van der Waals surface area contributed by atoms with Gasteiger partial charge in [-0.25, -0.2) is 0 Å². The third kappa shape index (κ3) is 3.41. The SMILES string of the molecule is CCCCc1c(-c2ccc(OC)cc2)oc(-c2ccccc2)c1Br. The highest BCUT2D eigenvalue weighted by atomic mass is 79.9. The summed E-state index contributed by atoms with van der Waals surface area (Å²) in [6, 6.07) is 18.3. The molecule has 0 aliphatic heterocycles. The highest BCUT2D eigenvalue weighted by molar-refractivity contribution is 9.10. The van der Waals surface area contributed by atoms with E-state index in [-0.39, 0.29) is 0 Å². The number of benzene rings is 2. The summed E-state index contributed by atoms with van der Waals surface area (Å²) in [7, 11) is 1.68. The molecular weight excluding hydrogens is 364 g/mol. The number of rotatable bonds is 6. The molecule has 3 heteroatoms. The monoisotopic (exact) mass is 384 g/mol. The van der Waals surface area contributed by atoms with Gasteiger partial charge in [-0.05, 0) is 53.0 Å². The summed E-state index contributed by atoms with van der Waals surface area (Å²) in [6.07, 6.45) is 3.28. The topological polar surface area (TPSA) is 22.4 Å². The standard InChI is InChI=1S/C21H21BrO2/c1-3-4-10-18-19(22)21(15-8-6-5-7-9-15)24-20(18)16-11-13-17(23-2)14-12-16/h5-9,11-14H,3-4,10H2,1-2H3. The van der Waals surface area contributed by atoms with E-state index in [0.717, 1.165) is 52.1 Å². The normalized spacial score (nSPS) is 10.8. The Balaban J connectivity index is 2.09. The average Bonchev–Trinajstić information content (AvgIpc) is 2.97. The Morgan fingerprint density at radius 2 is 1.58 bits per heavy atom. The Kier molecular flexibility index (Phi) is 5.41. The van der Waals surface area contributed by atoms with E-state index in [0.29, 0.717) is 0 Å². The van der Waals surface area contributed by atoms with E-state index >= 15 is 0 Å². The summed E-state index contributed by atoms with van der Waals surface area (Å²) >= 11 is 3.78. The third-order valence-electron chi connectivity index (χ3n) is 4.11. The second-order valence-electron chi connectivity index (χ2n) is 5.75. The molecule has 1 aromatic heterocycles. The summed E-state index contributed by atoms with van der Waals surface area (Å²) in [4.78, 5) is 0. The molecule has 0 bridgehead atoms. The van der Waals surface area contributed by atoms with Crippen molar-refractivity contribution in [3.63, 3.8) is 0 Å². The lowest BCUT2D eigenvalue weighted by molar-refractivity contribution is 0.415. The van der Waals surface area contributed by atoms with Crippen LogP contribution in [0.2, 0.25) is 0 Å². The number of furan rings is 1. The van der Waals surface area contributed by atoms with Gasteiger partial charge in [0.2, 0.25) is 0 Å². The van der Waals surface area contributed by atoms with Crippen LogP contribution in [0.5, 0.6) is 5.75 Å². The zero-order valence-corrected chi connectivity index (χ0v) is 15.6. The number of hydrogen-bond acceptors (Lipinski definition) is 2. The van der Waals surface area contributed by atoms with Crippen LogP contribution in [0.3, 0.4) is 0 Å². The van der Waals surface area contributed by atoms with Crippen molar-refractivity contribution in [2.24, 2.45) is 0 Å². The molecule has 3 aromatic rings. The number of hydrogen-bond donors (Lipinski definition) is 0. The molecule has 0 aliphatic carbocycles. The quantitative estimate of drug-likeness (QED) is 0.470. The van der Waals surface area contributed by atoms with Crippen LogP contribution in [0.15, 0.2) is 63.5 Å². The van der Waals surface area contributed by atoms with Crippen LogP contribution in [0.1, 0.15) is 25.3 Å². The molecule has 0 amide bonds. The molecule has 2 nitrogen and oxygen atoms in total. The molecule has 3 rings (SSSR count). The lowest BCUT2D eigenvalue weighted by Gasteiger charge is -2.04. The van der Waals surface area contributed by atoms with Crippen LogP contribution < -0.4 is 4.74 Å². The first kappa shape index (κ1) is 16.8. The zero-order chi connectivity index (χ0) is 16.9. The number of methoxy groups -OCH3 is 1. The number of halogens is 1.